The number of carbonyl (C=O) groups is 1. The molecule has 27 heavy (non-hydrogen) atoms. The van der Waals surface area contributed by atoms with Gasteiger partial charge in [0.15, 0.2) is 11.5 Å². The molecule has 0 unspecified atom stereocenters. The maximum Gasteiger partial charge on any atom is 0.267 e. The Balaban J connectivity index is 1.60. The molecule has 142 valence electrons. The van der Waals surface area contributed by atoms with Gasteiger partial charge in [-0.1, -0.05) is 11.2 Å². The van der Waals surface area contributed by atoms with Crippen molar-refractivity contribution in [3.8, 4) is 11.5 Å². The van der Waals surface area contributed by atoms with Crippen LogP contribution in [0.4, 0.5) is 0 Å². The Morgan fingerprint density at radius 2 is 2.04 bits per heavy atom. The zero-order valence-electron chi connectivity index (χ0n) is 15.3. The van der Waals surface area contributed by atoms with Crippen LogP contribution in [0.25, 0.3) is 11.1 Å². The molecular weight excluding hydrogens is 352 g/mol. The number of carbonyl (C=O) groups excluding carboxylic acids is 1. The Kier molecular flexibility index (Phi) is 5.39. The monoisotopic (exact) mass is 372 g/mol. The molecule has 2 aromatic heterocycles. The number of amides is 1. The molecule has 1 N–H and O–H groups in total. The van der Waals surface area contributed by atoms with E-state index in [2.05, 4.69) is 15.5 Å². The lowest BCUT2D eigenvalue weighted by atomic mass is 10.1. The average molecular weight is 372 g/mol. The van der Waals surface area contributed by atoms with Crippen LogP contribution in [-0.2, 0) is 17.8 Å². The summed E-state index contributed by atoms with van der Waals surface area (Å²) in [6.45, 7) is 1.95. The molecule has 0 bridgehead atoms. The second kappa shape index (κ2) is 7.90. The summed E-state index contributed by atoms with van der Waals surface area (Å²) in [5.41, 5.74) is 1.26. The van der Waals surface area contributed by atoms with Crippen molar-refractivity contribution in [1.82, 2.24) is 20.0 Å². The molecule has 0 aliphatic rings. The van der Waals surface area contributed by atoms with Crippen molar-refractivity contribution in [3.05, 3.63) is 46.1 Å². The predicted octanol–water partition coefficient (Wildman–Crippen LogP) is 1.07. The van der Waals surface area contributed by atoms with E-state index in [4.69, 9.17) is 14.0 Å². The van der Waals surface area contributed by atoms with E-state index in [0.29, 0.717) is 30.2 Å². The number of methoxy groups -OCH3 is 2. The molecule has 0 fully saturated rings. The number of aromatic nitrogens is 3. The first-order chi connectivity index (χ1) is 13.0. The predicted molar refractivity (Wildman–Crippen MR) is 97.1 cm³/mol. The van der Waals surface area contributed by atoms with E-state index in [0.717, 1.165) is 5.56 Å². The van der Waals surface area contributed by atoms with Crippen molar-refractivity contribution < 1.29 is 18.8 Å². The van der Waals surface area contributed by atoms with Gasteiger partial charge >= 0.3 is 0 Å². The van der Waals surface area contributed by atoms with Crippen molar-refractivity contribution in [2.45, 2.75) is 19.9 Å². The third kappa shape index (κ3) is 3.91. The molecule has 0 radical (unpaired) electrons. The molecule has 0 spiro atoms. The Bertz CT molecular complexity index is 1020. The molecular formula is C18H20N4O5. The van der Waals surface area contributed by atoms with Crippen LogP contribution in [-0.4, -0.2) is 41.4 Å². The first-order valence-electron chi connectivity index (χ1n) is 8.32. The zero-order chi connectivity index (χ0) is 19.4. The van der Waals surface area contributed by atoms with Gasteiger partial charge in [0.1, 0.15) is 18.3 Å². The van der Waals surface area contributed by atoms with Gasteiger partial charge in [-0.15, -0.1) is 0 Å². The molecule has 9 heteroatoms. The smallest absolute Gasteiger partial charge is 0.267 e. The van der Waals surface area contributed by atoms with E-state index >= 15 is 0 Å². The van der Waals surface area contributed by atoms with E-state index in [1.165, 1.54) is 10.9 Å². The van der Waals surface area contributed by atoms with Gasteiger partial charge in [0.2, 0.25) is 5.91 Å². The number of nitrogens with zero attached hydrogens (tertiary/aromatic N) is 3. The minimum absolute atomic E-state index is 0.127. The van der Waals surface area contributed by atoms with Gasteiger partial charge in [0.05, 0.1) is 19.9 Å². The summed E-state index contributed by atoms with van der Waals surface area (Å²) in [6, 6.07) is 5.59. The fourth-order valence-corrected chi connectivity index (χ4v) is 2.72. The summed E-state index contributed by atoms with van der Waals surface area (Å²) in [7, 11) is 3.15. The summed E-state index contributed by atoms with van der Waals surface area (Å²) in [4.78, 5) is 28.6. The highest BCUT2D eigenvalue weighted by molar-refractivity contribution is 5.77. The highest BCUT2D eigenvalue weighted by Crippen LogP contribution is 2.27. The largest absolute Gasteiger partial charge is 0.493 e. The summed E-state index contributed by atoms with van der Waals surface area (Å²) in [5.74, 6) is 1.00. The maximum absolute atomic E-state index is 12.4. The SMILES string of the molecule is COc1ccc(CCNC(=O)Cn2cnc3onc(C)c3c2=O)cc1OC. The summed E-state index contributed by atoms with van der Waals surface area (Å²) in [5, 5.41) is 6.80. The first-order valence-corrected chi connectivity index (χ1v) is 8.32. The van der Waals surface area contributed by atoms with Crippen LogP contribution >= 0.6 is 0 Å². The number of rotatable bonds is 7. The van der Waals surface area contributed by atoms with Gasteiger partial charge in [0, 0.05) is 6.54 Å². The summed E-state index contributed by atoms with van der Waals surface area (Å²) in [6.07, 6.45) is 1.90. The van der Waals surface area contributed by atoms with Gasteiger partial charge in [-0.3, -0.25) is 14.2 Å². The Hall–Kier alpha value is -3.36. The van der Waals surface area contributed by atoms with Crippen molar-refractivity contribution >= 4 is 17.0 Å². The molecule has 0 saturated heterocycles. The fraction of sp³-hybridized carbons (Fsp3) is 0.333. The second-order valence-electron chi connectivity index (χ2n) is 5.92. The lowest BCUT2D eigenvalue weighted by molar-refractivity contribution is -0.121. The number of fused-ring (bicyclic) bond motifs is 1. The quantitative estimate of drug-likeness (QED) is 0.661. The lowest BCUT2D eigenvalue weighted by Gasteiger charge is -2.10. The normalized spacial score (nSPS) is 10.8. The average Bonchev–Trinajstić information content (AvgIpc) is 3.05. The molecule has 0 aliphatic heterocycles. The Labute approximate surface area is 154 Å². The number of benzene rings is 1. The van der Waals surface area contributed by atoms with Crippen LogP contribution in [0.3, 0.4) is 0 Å². The van der Waals surface area contributed by atoms with Crippen LogP contribution in [0.5, 0.6) is 11.5 Å². The molecule has 2 heterocycles. The van der Waals surface area contributed by atoms with Crippen LogP contribution in [0.1, 0.15) is 11.3 Å². The summed E-state index contributed by atoms with van der Waals surface area (Å²) < 4.78 is 16.6. The molecule has 9 nitrogen and oxygen atoms in total. The molecule has 0 saturated carbocycles. The van der Waals surface area contributed by atoms with E-state index in [1.807, 2.05) is 18.2 Å². The number of aryl methyl sites for hydroxylation is 1. The second-order valence-corrected chi connectivity index (χ2v) is 5.92. The molecule has 3 aromatic rings. The molecule has 0 aliphatic carbocycles. The standard InChI is InChI=1S/C18H20N4O5/c1-11-16-17(27-21-11)20-10-22(18(16)24)9-15(23)19-7-6-12-4-5-13(25-2)14(8-12)26-3/h4-5,8,10H,6-7,9H2,1-3H3,(H,19,23). The topological polar surface area (TPSA) is 108 Å². The Morgan fingerprint density at radius 3 is 2.78 bits per heavy atom. The maximum atomic E-state index is 12.4. The van der Waals surface area contributed by atoms with Crippen molar-refractivity contribution in [2.75, 3.05) is 20.8 Å². The van der Waals surface area contributed by atoms with E-state index < -0.39 is 0 Å². The number of nitrogens with one attached hydrogen (secondary N) is 1. The third-order valence-corrected chi connectivity index (χ3v) is 4.13. The van der Waals surface area contributed by atoms with Crippen LogP contribution in [0.15, 0.2) is 33.8 Å². The van der Waals surface area contributed by atoms with Crippen LogP contribution in [0, 0.1) is 6.92 Å². The minimum atomic E-state index is -0.353. The van der Waals surface area contributed by atoms with Crippen LogP contribution < -0.4 is 20.3 Å². The lowest BCUT2D eigenvalue weighted by Crippen LogP contribution is -2.33. The van der Waals surface area contributed by atoms with Crippen molar-refractivity contribution in [3.63, 3.8) is 0 Å². The Morgan fingerprint density at radius 1 is 1.26 bits per heavy atom. The molecule has 0 atom stereocenters. The number of ether oxygens (including phenoxy) is 2. The highest BCUT2D eigenvalue weighted by Gasteiger charge is 2.13. The highest BCUT2D eigenvalue weighted by atomic mass is 16.5. The van der Waals surface area contributed by atoms with E-state index in [-0.39, 0.29) is 29.1 Å². The van der Waals surface area contributed by atoms with Crippen LogP contribution in [0.2, 0.25) is 0 Å². The number of hydrogen-bond acceptors (Lipinski definition) is 7. The van der Waals surface area contributed by atoms with Crippen molar-refractivity contribution in [2.24, 2.45) is 0 Å². The molecule has 1 aromatic carbocycles. The summed E-state index contributed by atoms with van der Waals surface area (Å²) >= 11 is 0. The fourth-order valence-electron chi connectivity index (χ4n) is 2.72. The molecule has 1 amide bonds. The molecule has 3 rings (SSSR count). The van der Waals surface area contributed by atoms with Gasteiger partial charge in [-0.2, -0.15) is 0 Å². The van der Waals surface area contributed by atoms with E-state index in [9.17, 15) is 9.59 Å². The van der Waals surface area contributed by atoms with Crippen molar-refractivity contribution in [1.29, 1.82) is 0 Å². The zero-order valence-corrected chi connectivity index (χ0v) is 15.3. The van der Waals surface area contributed by atoms with Gasteiger partial charge in [-0.25, -0.2) is 4.98 Å². The third-order valence-electron chi connectivity index (χ3n) is 4.13. The van der Waals surface area contributed by atoms with Gasteiger partial charge < -0.3 is 19.3 Å². The number of hydrogen-bond donors (Lipinski definition) is 1. The first kappa shape index (κ1) is 18.4. The van der Waals surface area contributed by atoms with Gasteiger partial charge in [0.25, 0.3) is 11.3 Å². The van der Waals surface area contributed by atoms with Gasteiger partial charge in [-0.05, 0) is 31.0 Å². The minimum Gasteiger partial charge on any atom is -0.493 e. The van der Waals surface area contributed by atoms with E-state index in [1.54, 1.807) is 21.1 Å².